The van der Waals surface area contributed by atoms with E-state index < -0.39 is 0 Å². The fourth-order valence-corrected chi connectivity index (χ4v) is 1.62. The highest BCUT2D eigenvalue weighted by molar-refractivity contribution is 5.71. The highest BCUT2D eigenvalue weighted by Gasteiger charge is 2.06. The quantitative estimate of drug-likeness (QED) is 0.205. The normalized spacial score (nSPS) is 10.1. The van der Waals surface area contributed by atoms with Crippen molar-refractivity contribution in [1.29, 1.82) is 10.5 Å². The summed E-state index contributed by atoms with van der Waals surface area (Å²) in [5.41, 5.74) is 0.00528. The largest absolute Gasteiger partial charge is 0.462 e. The standard InChI is InChI=1S/C18H27N3O4/c1-3-5-9-23-10-11-24-12-13-25-18(22)16-21(4-2)8-6-7-17(14-19)15-20/h6-8H,3-5,9-13,16H2,1-2H3. The first kappa shape index (κ1) is 22.6. The monoisotopic (exact) mass is 349 g/mol. The molecule has 0 bridgehead atoms. The van der Waals surface area contributed by atoms with Crippen LogP contribution in [0.1, 0.15) is 26.7 Å². The summed E-state index contributed by atoms with van der Waals surface area (Å²) in [5.74, 6) is -0.362. The van der Waals surface area contributed by atoms with Crippen LogP contribution in [0.15, 0.2) is 23.9 Å². The van der Waals surface area contributed by atoms with Crippen molar-refractivity contribution < 1.29 is 19.0 Å². The van der Waals surface area contributed by atoms with Gasteiger partial charge in [0.15, 0.2) is 0 Å². The van der Waals surface area contributed by atoms with Gasteiger partial charge in [-0.1, -0.05) is 13.3 Å². The van der Waals surface area contributed by atoms with Crippen LogP contribution in [-0.4, -0.2) is 57.0 Å². The fraction of sp³-hybridized carbons (Fsp3) is 0.611. The maximum Gasteiger partial charge on any atom is 0.325 e. The second-order valence-electron chi connectivity index (χ2n) is 5.01. The van der Waals surface area contributed by atoms with Crippen molar-refractivity contribution in [3.05, 3.63) is 23.9 Å². The highest BCUT2D eigenvalue weighted by atomic mass is 16.6. The molecular weight excluding hydrogens is 322 g/mol. The van der Waals surface area contributed by atoms with Crippen molar-refractivity contribution in [2.45, 2.75) is 26.7 Å². The van der Waals surface area contributed by atoms with Crippen LogP contribution >= 0.6 is 0 Å². The van der Waals surface area contributed by atoms with Gasteiger partial charge in [-0.25, -0.2) is 0 Å². The minimum atomic E-state index is -0.362. The Morgan fingerprint density at radius 2 is 1.68 bits per heavy atom. The van der Waals surface area contributed by atoms with Crippen LogP contribution in [0, 0.1) is 22.7 Å². The van der Waals surface area contributed by atoms with Gasteiger partial charge >= 0.3 is 5.97 Å². The molecule has 0 atom stereocenters. The van der Waals surface area contributed by atoms with Crippen LogP contribution in [0.4, 0.5) is 0 Å². The van der Waals surface area contributed by atoms with Gasteiger partial charge in [-0.3, -0.25) is 4.79 Å². The smallest absolute Gasteiger partial charge is 0.325 e. The molecule has 7 nitrogen and oxygen atoms in total. The number of carbonyl (C=O) groups is 1. The first-order valence-corrected chi connectivity index (χ1v) is 8.41. The number of rotatable bonds is 14. The van der Waals surface area contributed by atoms with E-state index in [0.717, 1.165) is 19.4 Å². The number of hydrogen-bond donors (Lipinski definition) is 0. The second-order valence-corrected chi connectivity index (χ2v) is 5.01. The summed E-state index contributed by atoms with van der Waals surface area (Å²) in [6, 6.07) is 3.52. The average Bonchev–Trinajstić information content (AvgIpc) is 2.63. The Morgan fingerprint density at radius 1 is 1.04 bits per heavy atom. The molecule has 0 aliphatic carbocycles. The van der Waals surface area contributed by atoms with Crippen molar-refractivity contribution in [2.24, 2.45) is 0 Å². The second kappa shape index (κ2) is 16.5. The molecule has 0 rings (SSSR count). The minimum absolute atomic E-state index is 0.00528. The van der Waals surface area contributed by atoms with Crippen LogP contribution in [0.2, 0.25) is 0 Å². The zero-order chi connectivity index (χ0) is 18.8. The minimum Gasteiger partial charge on any atom is -0.462 e. The van der Waals surface area contributed by atoms with Crippen molar-refractivity contribution in [3.8, 4) is 12.1 Å². The molecule has 0 N–H and O–H groups in total. The van der Waals surface area contributed by atoms with Gasteiger partial charge < -0.3 is 19.1 Å². The van der Waals surface area contributed by atoms with Crippen LogP contribution in [-0.2, 0) is 19.0 Å². The van der Waals surface area contributed by atoms with Gasteiger partial charge in [-0.15, -0.1) is 0 Å². The van der Waals surface area contributed by atoms with Gasteiger partial charge in [0.25, 0.3) is 0 Å². The lowest BCUT2D eigenvalue weighted by atomic mass is 10.3. The lowest BCUT2D eigenvalue weighted by Crippen LogP contribution is -2.27. The Bertz CT molecular complexity index is 487. The molecule has 0 aromatic rings. The van der Waals surface area contributed by atoms with Gasteiger partial charge in [-0.05, 0) is 31.7 Å². The Hall–Kier alpha value is -2.35. The van der Waals surface area contributed by atoms with Gasteiger partial charge in [0.2, 0.25) is 0 Å². The molecule has 0 saturated carbocycles. The number of nitriles is 2. The first-order valence-electron chi connectivity index (χ1n) is 8.41. The Balaban J connectivity index is 3.85. The van der Waals surface area contributed by atoms with E-state index in [2.05, 4.69) is 6.92 Å². The number of allylic oxidation sites excluding steroid dienone is 3. The van der Waals surface area contributed by atoms with Crippen LogP contribution in [0.25, 0.3) is 0 Å². The van der Waals surface area contributed by atoms with E-state index in [0.29, 0.717) is 26.4 Å². The summed E-state index contributed by atoms with van der Waals surface area (Å²) in [4.78, 5) is 13.4. The van der Waals surface area contributed by atoms with E-state index in [1.165, 1.54) is 6.08 Å². The predicted molar refractivity (Wildman–Crippen MR) is 93.2 cm³/mol. The average molecular weight is 349 g/mol. The number of unbranched alkanes of at least 4 members (excludes halogenated alkanes) is 1. The van der Waals surface area contributed by atoms with Crippen LogP contribution < -0.4 is 0 Å². The Labute approximate surface area is 150 Å². The van der Waals surface area contributed by atoms with Crippen LogP contribution in [0.3, 0.4) is 0 Å². The van der Waals surface area contributed by atoms with Crippen molar-refractivity contribution in [1.82, 2.24) is 4.90 Å². The van der Waals surface area contributed by atoms with Crippen molar-refractivity contribution >= 4 is 5.97 Å². The summed E-state index contributed by atoms with van der Waals surface area (Å²) in [6.07, 6.45) is 6.74. The molecule has 0 radical (unpaired) electrons. The van der Waals surface area contributed by atoms with Crippen molar-refractivity contribution in [2.75, 3.05) is 46.1 Å². The molecule has 0 heterocycles. The fourth-order valence-electron chi connectivity index (χ4n) is 1.62. The summed E-state index contributed by atoms with van der Waals surface area (Å²) >= 11 is 0. The van der Waals surface area contributed by atoms with Crippen LogP contribution in [0.5, 0.6) is 0 Å². The van der Waals surface area contributed by atoms with Gasteiger partial charge in [0.05, 0.1) is 19.8 Å². The first-order chi connectivity index (χ1) is 12.2. The molecule has 0 aliphatic heterocycles. The van der Waals surface area contributed by atoms with E-state index >= 15 is 0 Å². The number of carbonyl (C=O) groups excluding carboxylic acids is 1. The van der Waals surface area contributed by atoms with Gasteiger partial charge in [-0.2, -0.15) is 10.5 Å². The topological polar surface area (TPSA) is 95.6 Å². The molecule has 0 fully saturated rings. The summed E-state index contributed by atoms with van der Waals surface area (Å²) in [7, 11) is 0. The lowest BCUT2D eigenvalue weighted by molar-refractivity contribution is -0.146. The van der Waals surface area contributed by atoms with Gasteiger partial charge in [0, 0.05) is 13.2 Å². The maximum absolute atomic E-state index is 11.7. The number of hydrogen-bond acceptors (Lipinski definition) is 7. The number of esters is 1. The predicted octanol–water partition coefficient (Wildman–Crippen LogP) is 2.17. The third-order valence-corrected chi connectivity index (χ3v) is 3.04. The number of likely N-dealkylation sites (N-methyl/N-ethyl adjacent to an activating group) is 1. The molecule has 0 unspecified atom stereocenters. The summed E-state index contributed by atoms with van der Waals surface area (Å²) in [5, 5.41) is 17.2. The Morgan fingerprint density at radius 3 is 2.28 bits per heavy atom. The highest BCUT2D eigenvalue weighted by Crippen LogP contribution is 1.95. The zero-order valence-corrected chi connectivity index (χ0v) is 15.1. The van der Waals surface area contributed by atoms with E-state index in [-0.39, 0.29) is 24.7 Å². The van der Waals surface area contributed by atoms with E-state index in [1.807, 2.05) is 6.92 Å². The molecular formula is C18H27N3O4. The zero-order valence-electron chi connectivity index (χ0n) is 15.1. The van der Waals surface area contributed by atoms with Crippen molar-refractivity contribution in [3.63, 3.8) is 0 Å². The van der Waals surface area contributed by atoms with Gasteiger partial charge in [0.1, 0.15) is 30.9 Å². The number of ether oxygens (including phenoxy) is 3. The third kappa shape index (κ3) is 13.8. The molecule has 0 aromatic carbocycles. The SMILES string of the molecule is CCCCOCCOCCOC(=O)CN(C=CC=C(C#N)C#N)CC. The molecule has 7 heteroatoms. The summed E-state index contributed by atoms with van der Waals surface area (Å²) in [6.45, 7) is 6.99. The molecule has 0 aromatic heterocycles. The molecule has 0 spiro atoms. The molecule has 25 heavy (non-hydrogen) atoms. The maximum atomic E-state index is 11.7. The molecule has 0 aliphatic rings. The van der Waals surface area contributed by atoms with E-state index in [4.69, 9.17) is 24.7 Å². The third-order valence-electron chi connectivity index (χ3n) is 3.04. The van der Waals surface area contributed by atoms with E-state index in [9.17, 15) is 4.79 Å². The summed E-state index contributed by atoms with van der Waals surface area (Å²) < 4.78 is 15.7. The van der Waals surface area contributed by atoms with E-state index in [1.54, 1.807) is 29.3 Å². The number of nitrogens with zero attached hydrogens (tertiary/aromatic N) is 3. The molecule has 0 amide bonds. The molecule has 138 valence electrons. The lowest BCUT2D eigenvalue weighted by Gasteiger charge is -2.16. The molecule has 0 saturated heterocycles. The Kier molecular flexibility index (Phi) is 15.0.